The maximum atomic E-state index is 6.69. The molecule has 9 rings (SSSR count). The van der Waals surface area contributed by atoms with Crippen LogP contribution in [0.1, 0.15) is 71.6 Å². The zero-order valence-corrected chi connectivity index (χ0v) is 31.8. The lowest BCUT2D eigenvalue weighted by Gasteiger charge is -2.38. The number of halogens is 4. The summed E-state index contributed by atoms with van der Waals surface area (Å²) in [6.45, 7) is 0. The third-order valence-electron chi connectivity index (χ3n) is 12.5. The molecule has 4 nitrogen and oxygen atoms in total. The van der Waals surface area contributed by atoms with Crippen LogP contribution in [0, 0.1) is 0 Å². The molecule has 12 atom stereocenters. The Labute approximate surface area is 327 Å². The van der Waals surface area contributed by atoms with E-state index in [1.165, 1.54) is 22.3 Å². The van der Waals surface area contributed by atoms with Crippen LogP contribution in [0.25, 0.3) is 0 Å². The molecule has 3 saturated heterocycles. The first-order chi connectivity index (χ1) is 25.4. The molecule has 4 aromatic rings. The predicted molar refractivity (Wildman–Crippen MR) is 216 cm³/mol. The van der Waals surface area contributed by atoms with E-state index in [1.807, 2.05) is 24.3 Å². The van der Waals surface area contributed by atoms with Crippen molar-refractivity contribution in [2.24, 2.45) is 0 Å². The van der Waals surface area contributed by atoms with Crippen molar-refractivity contribution in [1.82, 2.24) is 21.3 Å². The van der Waals surface area contributed by atoms with Gasteiger partial charge in [0.15, 0.2) is 0 Å². The SMILES string of the molecule is Clc1cccc(C2C3C=CC(N3)C(c3cccc(Cl)c3)C3CCC(N3)C(c3cccc(Cl)c3)C3C=CC(N3)C(c3cccc(Cl)c3)C3CCC2N3)c1. The molecule has 0 amide bonds. The standard InChI is InChI=1S/C44H44Cl4N4/c45-29-9-1-5-25(21-29)41-33-13-15-35(49-33)42(26-6-2-10-30(46)22-26)37-17-19-39(51-37)44(28-8-4-12-32(48)24-28)40-20-18-38(52-40)43(36-16-14-34(41)50-36)27-7-3-11-31(47)23-27/h1-13,15,18,20-24,33-44,49-52H,14,16-17,19H2. The van der Waals surface area contributed by atoms with Crippen molar-refractivity contribution < 1.29 is 0 Å². The molecule has 0 spiro atoms. The Kier molecular flexibility index (Phi) is 10.0. The zero-order chi connectivity index (χ0) is 35.3. The molecule has 4 N–H and O–H groups in total. The van der Waals surface area contributed by atoms with Crippen LogP contribution in [0.2, 0.25) is 20.1 Å². The molecule has 4 aromatic carbocycles. The van der Waals surface area contributed by atoms with Crippen LogP contribution in [0.3, 0.4) is 0 Å². The van der Waals surface area contributed by atoms with E-state index in [2.05, 4.69) is 118 Å². The summed E-state index contributed by atoms with van der Waals surface area (Å²) in [5.74, 6) is 0.756. The summed E-state index contributed by atoms with van der Waals surface area (Å²) in [4.78, 5) is 0. The smallest absolute Gasteiger partial charge is 0.0408 e. The number of fused-ring (bicyclic) bond motifs is 8. The Balaban J connectivity index is 1.16. The van der Waals surface area contributed by atoms with E-state index in [1.54, 1.807) is 0 Å². The highest BCUT2D eigenvalue weighted by atomic mass is 35.5. The number of benzene rings is 4. The van der Waals surface area contributed by atoms with Crippen LogP contribution in [-0.2, 0) is 0 Å². The van der Waals surface area contributed by atoms with Crippen molar-refractivity contribution in [3.8, 4) is 0 Å². The molecule has 0 aliphatic carbocycles. The first-order valence-electron chi connectivity index (χ1n) is 18.8. The van der Waals surface area contributed by atoms with Crippen molar-refractivity contribution in [2.75, 3.05) is 0 Å². The number of nitrogens with one attached hydrogen (secondary N) is 4. The zero-order valence-electron chi connectivity index (χ0n) is 28.8. The minimum absolute atomic E-state index is 0.129. The predicted octanol–water partition coefficient (Wildman–Crippen LogP) is 9.78. The van der Waals surface area contributed by atoms with Gasteiger partial charge < -0.3 is 21.3 Å². The third-order valence-corrected chi connectivity index (χ3v) is 13.4. The van der Waals surface area contributed by atoms with Crippen molar-refractivity contribution in [2.45, 2.75) is 97.7 Å². The number of hydrogen-bond donors (Lipinski definition) is 4. The van der Waals surface area contributed by atoms with E-state index < -0.39 is 0 Å². The van der Waals surface area contributed by atoms with E-state index in [9.17, 15) is 0 Å². The van der Waals surface area contributed by atoms with Crippen molar-refractivity contribution in [1.29, 1.82) is 0 Å². The average Bonchev–Trinajstić information content (AvgIpc) is 3.96. The summed E-state index contributed by atoms with van der Waals surface area (Å²) in [6, 6.07) is 35.4. The third kappa shape index (κ3) is 6.91. The van der Waals surface area contributed by atoms with E-state index in [0.717, 1.165) is 45.8 Å². The largest absolute Gasteiger partial charge is 0.310 e. The Hall–Kier alpha value is -2.64. The van der Waals surface area contributed by atoms with Crippen LogP contribution in [0.4, 0.5) is 0 Å². The minimum atomic E-state index is 0.129. The summed E-state index contributed by atoms with van der Waals surface area (Å²) in [5, 5.41) is 19.9. The van der Waals surface area contributed by atoms with Gasteiger partial charge in [0, 0.05) is 92.1 Å². The van der Waals surface area contributed by atoms with Gasteiger partial charge in [-0.25, -0.2) is 0 Å². The second kappa shape index (κ2) is 14.9. The van der Waals surface area contributed by atoms with Gasteiger partial charge in [0.05, 0.1) is 0 Å². The molecular formula is C44H44Cl4N4. The highest BCUT2D eigenvalue weighted by Crippen LogP contribution is 2.44. The number of rotatable bonds is 4. The summed E-state index contributed by atoms with van der Waals surface area (Å²) in [6.07, 6.45) is 13.9. The van der Waals surface area contributed by atoms with E-state index >= 15 is 0 Å². The Morgan fingerprint density at radius 3 is 0.827 bits per heavy atom. The topological polar surface area (TPSA) is 48.1 Å². The van der Waals surface area contributed by atoms with Gasteiger partial charge >= 0.3 is 0 Å². The highest BCUT2D eigenvalue weighted by molar-refractivity contribution is 6.31. The molecule has 268 valence electrons. The molecule has 0 radical (unpaired) electrons. The van der Waals surface area contributed by atoms with Crippen LogP contribution in [0.15, 0.2) is 121 Å². The van der Waals surface area contributed by atoms with E-state index in [4.69, 9.17) is 46.4 Å². The quantitative estimate of drug-likeness (QED) is 0.156. The minimum Gasteiger partial charge on any atom is -0.310 e. The lowest BCUT2D eigenvalue weighted by atomic mass is 9.83. The monoisotopic (exact) mass is 768 g/mol. The van der Waals surface area contributed by atoms with Gasteiger partial charge in [-0.05, 0) is 96.5 Å². The fourth-order valence-electron chi connectivity index (χ4n) is 10.4. The molecule has 5 aliphatic rings. The second-order valence-corrected chi connectivity index (χ2v) is 17.2. The Bertz CT molecular complexity index is 1710. The summed E-state index contributed by atoms with van der Waals surface area (Å²) in [5.41, 5.74) is 5.04. The summed E-state index contributed by atoms with van der Waals surface area (Å²) < 4.78 is 0. The van der Waals surface area contributed by atoms with E-state index in [0.29, 0.717) is 0 Å². The van der Waals surface area contributed by atoms with Gasteiger partial charge in [-0.2, -0.15) is 0 Å². The molecular weight excluding hydrogens is 726 g/mol. The second-order valence-electron chi connectivity index (χ2n) is 15.4. The first kappa shape index (κ1) is 35.1. The molecule has 8 heteroatoms. The van der Waals surface area contributed by atoms with Crippen molar-refractivity contribution in [3.05, 3.63) is 164 Å². The Morgan fingerprint density at radius 1 is 0.346 bits per heavy atom. The highest BCUT2D eigenvalue weighted by Gasteiger charge is 2.47. The molecule has 5 aliphatic heterocycles. The molecule has 12 unspecified atom stereocenters. The molecule has 0 aromatic heterocycles. The van der Waals surface area contributed by atoms with Gasteiger partial charge in [0.1, 0.15) is 0 Å². The maximum Gasteiger partial charge on any atom is 0.0408 e. The lowest BCUT2D eigenvalue weighted by molar-refractivity contribution is 0.317. The summed E-state index contributed by atoms with van der Waals surface area (Å²) >= 11 is 26.8. The molecule has 0 saturated carbocycles. The first-order valence-corrected chi connectivity index (χ1v) is 20.3. The molecule has 5 heterocycles. The Morgan fingerprint density at radius 2 is 0.596 bits per heavy atom. The van der Waals surface area contributed by atoms with Gasteiger partial charge in [0.2, 0.25) is 0 Å². The van der Waals surface area contributed by atoms with Crippen LogP contribution in [0.5, 0.6) is 0 Å². The summed E-state index contributed by atoms with van der Waals surface area (Å²) in [7, 11) is 0. The fourth-order valence-corrected chi connectivity index (χ4v) is 11.2. The van der Waals surface area contributed by atoms with Crippen LogP contribution in [-0.4, -0.2) is 48.3 Å². The van der Waals surface area contributed by atoms with Crippen molar-refractivity contribution >= 4 is 46.4 Å². The maximum absolute atomic E-state index is 6.69. The van der Waals surface area contributed by atoms with Crippen LogP contribution < -0.4 is 21.3 Å². The van der Waals surface area contributed by atoms with E-state index in [-0.39, 0.29) is 72.0 Å². The fraction of sp³-hybridized carbons (Fsp3) is 0.364. The van der Waals surface area contributed by atoms with Gasteiger partial charge in [-0.3, -0.25) is 0 Å². The van der Waals surface area contributed by atoms with Gasteiger partial charge in [-0.15, -0.1) is 0 Å². The number of hydrogen-bond acceptors (Lipinski definition) is 4. The van der Waals surface area contributed by atoms with Gasteiger partial charge in [0.25, 0.3) is 0 Å². The average molecular weight is 771 g/mol. The van der Waals surface area contributed by atoms with Crippen LogP contribution >= 0.6 is 46.4 Å². The molecule has 3 fully saturated rings. The molecule has 8 bridgehead atoms. The molecule has 52 heavy (non-hydrogen) atoms. The normalized spacial score (nSPS) is 35.3. The lowest BCUT2D eigenvalue weighted by Crippen LogP contribution is -2.52. The van der Waals surface area contributed by atoms with Gasteiger partial charge in [-0.1, -0.05) is 119 Å². The van der Waals surface area contributed by atoms with Crippen molar-refractivity contribution in [3.63, 3.8) is 0 Å².